The number of carbonyl (C=O) groups is 1. The Kier molecular flexibility index (Phi) is 1.36. The summed E-state index contributed by atoms with van der Waals surface area (Å²) in [6.07, 6.45) is 5.07. The van der Waals surface area contributed by atoms with Crippen molar-refractivity contribution in [2.75, 3.05) is 0 Å². The van der Waals surface area contributed by atoms with Crippen molar-refractivity contribution in [1.29, 1.82) is 0 Å². The molecule has 74 valence electrons. The van der Waals surface area contributed by atoms with Gasteiger partial charge in [-0.2, -0.15) is 0 Å². The van der Waals surface area contributed by atoms with Crippen LogP contribution in [-0.2, 0) is 16.6 Å². The maximum atomic E-state index is 11.1. The zero-order valence-corrected chi connectivity index (χ0v) is 7.69. The maximum Gasteiger partial charge on any atom is 0.307 e. The minimum absolute atomic E-state index is 0.174. The molecule has 1 heterocycles. The molecule has 1 atom stereocenters. The lowest BCUT2D eigenvalue weighted by Gasteiger charge is -2.26. The molecule has 3 rings (SSSR count). The quantitative estimate of drug-likeness (QED) is 0.731. The molecule has 1 fully saturated rings. The first-order valence-electron chi connectivity index (χ1n) is 4.90. The molecule has 1 unspecified atom stereocenters. The molecule has 0 aliphatic heterocycles. The van der Waals surface area contributed by atoms with E-state index in [0.29, 0.717) is 0 Å². The van der Waals surface area contributed by atoms with Gasteiger partial charge in [-0.3, -0.25) is 4.79 Å². The van der Waals surface area contributed by atoms with Crippen LogP contribution in [0, 0.1) is 5.92 Å². The third-order valence-corrected chi connectivity index (χ3v) is 3.57. The van der Waals surface area contributed by atoms with E-state index < -0.39 is 5.97 Å². The molecule has 1 saturated carbocycles. The fourth-order valence-corrected chi connectivity index (χ4v) is 2.67. The molecular formula is C10H11NO3. The van der Waals surface area contributed by atoms with Gasteiger partial charge in [-0.1, -0.05) is 5.16 Å². The molecule has 1 aromatic heterocycles. The van der Waals surface area contributed by atoms with Gasteiger partial charge in [0.05, 0.1) is 11.6 Å². The Morgan fingerprint density at radius 3 is 3.07 bits per heavy atom. The number of hydrogen-bond donors (Lipinski definition) is 1. The first kappa shape index (κ1) is 8.03. The number of aryl methyl sites for hydroxylation is 1. The number of rotatable bonds is 1. The van der Waals surface area contributed by atoms with Crippen molar-refractivity contribution < 1.29 is 14.4 Å². The van der Waals surface area contributed by atoms with E-state index in [-0.39, 0.29) is 11.3 Å². The summed E-state index contributed by atoms with van der Waals surface area (Å²) in [5.41, 5.74) is 1.85. The van der Waals surface area contributed by atoms with Crippen LogP contribution in [0.15, 0.2) is 10.8 Å². The van der Waals surface area contributed by atoms with Crippen molar-refractivity contribution in [2.24, 2.45) is 5.92 Å². The van der Waals surface area contributed by atoms with Crippen molar-refractivity contribution in [2.45, 2.75) is 31.1 Å². The van der Waals surface area contributed by atoms with Gasteiger partial charge in [0.25, 0.3) is 0 Å². The van der Waals surface area contributed by atoms with Crippen LogP contribution in [0.25, 0.3) is 0 Å². The van der Waals surface area contributed by atoms with E-state index in [2.05, 4.69) is 5.16 Å². The Morgan fingerprint density at radius 2 is 2.43 bits per heavy atom. The van der Waals surface area contributed by atoms with E-state index in [1.807, 2.05) is 0 Å². The van der Waals surface area contributed by atoms with E-state index in [4.69, 9.17) is 9.63 Å². The number of carboxylic acids is 1. The fraction of sp³-hybridized carbons (Fsp3) is 0.600. The number of aliphatic carboxylic acids is 1. The van der Waals surface area contributed by atoms with Crippen molar-refractivity contribution in [3.63, 3.8) is 0 Å². The summed E-state index contributed by atoms with van der Waals surface area (Å²) in [6, 6.07) is 0. The summed E-state index contributed by atoms with van der Waals surface area (Å²) in [6.45, 7) is 0. The second-order valence-electron chi connectivity index (χ2n) is 4.27. The van der Waals surface area contributed by atoms with Crippen LogP contribution in [-0.4, -0.2) is 16.2 Å². The Balaban J connectivity index is 2.08. The summed E-state index contributed by atoms with van der Waals surface area (Å²) < 4.78 is 4.93. The number of carboxylic acid groups (broad SMARTS) is 1. The minimum Gasteiger partial charge on any atom is -0.481 e. The van der Waals surface area contributed by atoms with Gasteiger partial charge in [0, 0.05) is 11.0 Å². The molecule has 14 heavy (non-hydrogen) atoms. The molecule has 0 aromatic carbocycles. The molecule has 0 amide bonds. The Bertz CT molecular complexity index is 392. The third-order valence-electron chi connectivity index (χ3n) is 3.57. The molecule has 4 nitrogen and oxygen atoms in total. The van der Waals surface area contributed by atoms with Crippen molar-refractivity contribution in [1.82, 2.24) is 5.16 Å². The number of fused-ring (bicyclic) bond motifs is 2. The highest BCUT2D eigenvalue weighted by Gasteiger charge is 2.58. The number of nitrogens with zero attached hydrogens (tertiary/aromatic N) is 1. The van der Waals surface area contributed by atoms with Gasteiger partial charge in [-0.25, -0.2) is 0 Å². The number of hydrogen-bond acceptors (Lipinski definition) is 3. The van der Waals surface area contributed by atoms with Crippen LogP contribution >= 0.6 is 0 Å². The van der Waals surface area contributed by atoms with Gasteiger partial charge in [-0.05, 0) is 25.7 Å². The lowest BCUT2D eigenvalue weighted by atomic mass is 9.76. The fourth-order valence-electron chi connectivity index (χ4n) is 2.67. The average Bonchev–Trinajstić information content (AvgIpc) is 2.77. The lowest BCUT2D eigenvalue weighted by molar-refractivity contribution is -0.143. The van der Waals surface area contributed by atoms with Gasteiger partial charge in [0.1, 0.15) is 6.26 Å². The summed E-state index contributed by atoms with van der Waals surface area (Å²) in [5, 5.41) is 13.1. The van der Waals surface area contributed by atoms with E-state index >= 15 is 0 Å². The molecule has 0 radical (unpaired) electrons. The summed E-state index contributed by atoms with van der Waals surface area (Å²) in [5.74, 6) is -0.934. The largest absolute Gasteiger partial charge is 0.481 e. The summed E-state index contributed by atoms with van der Waals surface area (Å²) >= 11 is 0. The first-order chi connectivity index (χ1) is 6.74. The predicted molar refractivity (Wildman–Crippen MR) is 46.9 cm³/mol. The summed E-state index contributed by atoms with van der Waals surface area (Å²) in [4.78, 5) is 11.1. The molecule has 2 aliphatic carbocycles. The van der Waals surface area contributed by atoms with Crippen LogP contribution in [0.2, 0.25) is 0 Å². The molecule has 1 N–H and O–H groups in total. The van der Waals surface area contributed by atoms with Crippen LogP contribution in [0.4, 0.5) is 0 Å². The smallest absolute Gasteiger partial charge is 0.307 e. The molecule has 2 aliphatic rings. The van der Waals surface area contributed by atoms with Gasteiger partial charge < -0.3 is 9.63 Å². The Morgan fingerprint density at radius 1 is 1.64 bits per heavy atom. The van der Waals surface area contributed by atoms with E-state index in [1.54, 1.807) is 6.26 Å². The first-order valence-corrected chi connectivity index (χ1v) is 4.90. The predicted octanol–water partition coefficient (Wildman–Crippen LogP) is 1.35. The zero-order chi connectivity index (χ0) is 9.76. The van der Waals surface area contributed by atoms with Gasteiger partial charge in [-0.15, -0.1) is 0 Å². The average molecular weight is 193 g/mol. The van der Waals surface area contributed by atoms with Gasteiger partial charge >= 0.3 is 5.97 Å². The molecule has 1 aromatic rings. The minimum atomic E-state index is -0.684. The SMILES string of the molecule is O=C(O)C1CCc2conc2C12CC2. The van der Waals surface area contributed by atoms with E-state index in [9.17, 15) is 4.79 Å². The Labute approximate surface area is 80.9 Å². The maximum absolute atomic E-state index is 11.1. The topological polar surface area (TPSA) is 63.3 Å². The molecule has 1 spiro atoms. The van der Waals surface area contributed by atoms with E-state index in [0.717, 1.165) is 36.9 Å². The highest BCUT2D eigenvalue weighted by atomic mass is 16.5. The molecule has 0 saturated heterocycles. The van der Waals surface area contributed by atoms with Crippen molar-refractivity contribution in [3.8, 4) is 0 Å². The molecule has 4 heteroatoms. The second kappa shape index (κ2) is 2.38. The second-order valence-corrected chi connectivity index (χ2v) is 4.27. The van der Waals surface area contributed by atoms with Crippen LogP contribution < -0.4 is 0 Å². The Hall–Kier alpha value is -1.32. The van der Waals surface area contributed by atoms with Crippen molar-refractivity contribution in [3.05, 3.63) is 17.5 Å². The molecule has 0 bridgehead atoms. The van der Waals surface area contributed by atoms with Crippen LogP contribution in [0.1, 0.15) is 30.5 Å². The van der Waals surface area contributed by atoms with Crippen molar-refractivity contribution >= 4 is 5.97 Å². The zero-order valence-electron chi connectivity index (χ0n) is 7.69. The summed E-state index contributed by atoms with van der Waals surface area (Å²) in [7, 11) is 0. The standard InChI is InChI=1S/C10H11NO3/c12-9(13)7-2-1-6-5-14-11-8(6)10(7)3-4-10/h5,7H,1-4H2,(H,12,13). The van der Waals surface area contributed by atoms with Crippen LogP contribution in [0.3, 0.4) is 0 Å². The van der Waals surface area contributed by atoms with Crippen LogP contribution in [0.5, 0.6) is 0 Å². The lowest BCUT2D eigenvalue weighted by Crippen LogP contribution is -2.33. The van der Waals surface area contributed by atoms with Gasteiger partial charge in [0.15, 0.2) is 0 Å². The number of aromatic nitrogens is 1. The highest BCUT2D eigenvalue weighted by Crippen LogP contribution is 2.57. The van der Waals surface area contributed by atoms with E-state index in [1.165, 1.54) is 0 Å². The third kappa shape index (κ3) is 0.832. The highest BCUT2D eigenvalue weighted by molar-refractivity contribution is 5.74. The monoisotopic (exact) mass is 193 g/mol. The molecular weight excluding hydrogens is 182 g/mol. The normalized spacial score (nSPS) is 27.3. The van der Waals surface area contributed by atoms with Gasteiger partial charge in [0.2, 0.25) is 0 Å².